The average molecular weight is 381 g/mol. The van der Waals surface area contributed by atoms with Crippen molar-refractivity contribution >= 4 is 27.3 Å². The molecule has 1 aromatic carbocycles. The van der Waals surface area contributed by atoms with Crippen molar-refractivity contribution in [1.82, 2.24) is 9.78 Å². The maximum absolute atomic E-state index is 14.0. The van der Waals surface area contributed by atoms with E-state index in [4.69, 9.17) is 0 Å². The van der Waals surface area contributed by atoms with Gasteiger partial charge in [-0.1, -0.05) is 12.1 Å². The van der Waals surface area contributed by atoms with Crippen LogP contribution in [0.2, 0.25) is 0 Å². The van der Waals surface area contributed by atoms with Crippen molar-refractivity contribution in [2.24, 2.45) is 7.05 Å². The third kappa shape index (κ3) is 3.39. The second-order valence-corrected chi connectivity index (χ2v) is 6.47. The maximum atomic E-state index is 14.0. The second-order valence-electron chi connectivity index (χ2n) is 5.68. The van der Waals surface area contributed by atoms with Crippen molar-refractivity contribution in [3.8, 4) is 0 Å². The molecule has 0 bridgehead atoms. The predicted octanol–water partition coefficient (Wildman–Crippen LogP) is 2.76. The molecule has 1 saturated heterocycles. The van der Waals surface area contributed by atoms with Crippen LogP contribution in [0.5, 0.6) is 0 Å². The summed E-state index contributed by atoms with van der Waals surface area (Å²) in [6.07, 6.45) is 3.56. The van der Waals surface area contributed by atoms with Gasteiger partial charge in [-0.25, -0.2) is 9.07 Å². The molecule has 0 radical (unpaired) electrons. The molecule has 3 rings (SSSR count). The van der Waals surface area contributed by atoms with Crippen molar-refractivity contribution in [1.29, 1.82) is 0 Å². The summed E-state index contributed by atoms with van der Waals surface area (Å²) in [4.78, 5) is 14.0. The lowest BCUT2D eigenvalue weighted by molar-refractivity contribution is 0.518. The first-order chi connectivity index (χ1) is 11.1. The second kappa shape index (κ2) is 6.70. The number of anilines is 2. The molecule has 1 atom stereocenters. The third-order valence-corrected chi connectivity index (χ3v) is 4.82. The number of aryl methyl sites for hydroxylation is 1. The molecule has 23 heavy (non-hydrogen) atoms. The van der Waals surface area contributed by atoms with Gasteiger partial charge in [0.05, 0.1) is 17.6 Å². The van der Waals surface area contributed by atoms with Gasteiger partial charge >= 0.3 is 0 Å². The number of benzene rings is 1. The van der Waals surface area contributed by atoms with E-state index in [1.165, 1.54) is 10.7 Å². The van der Waals surface area contributed by atoms with E-state index in [0.717, 1.165) is 19.4 Å². The average Bonchev–Trinajstić information content (AvgIpc) is 2.56. The molecule has 1 aromatic heterocycles. The summed E-state index contributed by atoms with van der Waals surface area (Å²) in [5.74, 6) is -0.204. The molecule has 122 valence electrons. The van der Waals surface area contributed by atoms with E-state index in [0.29, 0.717) is 22.4 Å². The number of halogens is 2. The number of hydrogen-bond acceptors (Lipinski definition) is 4. The Balaban J connectivity index is 1.76. The molecule has 1 N–H and O–H groups in total. The van der Waals surface area contributed by atoms with Gasteiger partial charge in [0, 0.05) is 26.2 Å². The predicted molar refractivity (Wildman–Crippen MR) is 92.4 cm³/mol. The Morgan fingerprint density at radius 3 is 2.96 bits per heavy atom. The zero-order valence-corrected chi connectivity index (χ0v) is 14.4. The van der Waals surface area contributed by atoms with Crippen LogP contribution >= 0.6 is 15.9 Å². The molecule has 0 aliphatic carbocycles. The van der Waals surface area contributed by atoms with Gasteiger partial charge in [-0.05, 0) is 40.9 Å². The summed E-state index contributed by atoms with van der Waals surface area (Å²) in [6.45, 7) is 1.51. The Morgan fingerprint density at radius 2 is 2.17 bits per heavy atom. The smallest absolute Gasteiger partial charge is 0.282 e. The highest BCUT2D eigenvalue weighted by Crippen LogP contribution is 2.25. The van der Waals surface area contributed by atoms with Crippen LogP contribution in [-0.4, -0.2) is 28.9 Å². The quantitative estimate of drug-likeness (QED) is 0.889. The number of nitrogens with zero attached hydrogens (tertiary/aromatic N) is 3. The molecule has 0 spiro atoms. The standard InChI is InChI=1S/C16H18BrFN4O/c1-21-16(23)15(17)13(9-19-21)20-11-5-4-8-22(10-11)14-7-3-2-6-12(14)18/h2-3,6-7,9,11,20H,4-5,8,10H2,1H3. The molecular weight excluding hydrogens is 363 g/mol. The van der Waals surface area contributed by atoms with Crippen LogP contribution in [0.15, 0.2) is 39.7 Å². The molecule has 1 fully saturated rings. The van der Waals surface area contributed by atoms with E-state index >= 15 is 0 Å². The molecule has 1 aliphatic rings. The SMILES string of the molecule is Cn1ncc(NC2CCCN(c3ccccc3F)C2)c(Br)c1=O. The molecule has 0 amide bonds. The van der Waals surface area contributed by atoms with Gasteiger partial charge in [0.1, 0.15) is 10.3 Å². The highest BCUT2D eigenvalue weighted by Gasteiger charge is 2.22. The monoisotopic (exact) mass is 380 g/mol. The van der Waals surface area contributed by atoms with Crippen molar-refractivity contribution in [3.05, 3.63) is 51.1 Å². The Kier molecular flexibility index (Phi) is 4.66. The lowest BCUT2D eigenvalue weighted by atomic mass is 10.0. The van der Waals surface area contributed by atoms with Gasteiger partial charge < -0.3 is 10.2 Å². The first-order valence-electron chi connectivity index (χ1n) is 7.54. The molecule has 2 aromatic rings. The lowest BCUT2D eigenvalue weighted by Gasteiger charge is -2.35. The normalized spacial score (nSPS) is 18.0. The Bertz CT molecular complexity index is 764. The molecule has 1 unspecified atom stereocenters. The fourth-order valence-corrected chi connectivity index (χ4v) is 3.33. The Morgan fingerprint density at radius 1 is 1.39 bits per heavy atom. The van der Waals surface area contributed by atoms with Gasteiger partial charge in [0.2, 0.25) is 0 Å². The summed E-state index contributed by atoms with van der Waals surface area (Å²) in [7, 11) is 1.61. The molecule has 5 nitrogen and oxygen atoms in total. The minimum absolute atomic E-state index is 0.133. The number of para-hydroxylation sites is 1. The topological polar surface area (TPSA) is 50.2 Å². The number of aromatic nitrogens is 2. The van der Waals surface area contributed by atoms with Crippen LogP contribution in [0.1, 0.15) is 12.8 Å². The molecule has 7 heteroatoms. The molecule has 0 saturated carbocycles. The van der Waals surface area contributed by atoms with Crippen LogP contribution in [0.4, 0.5) is 15.8 Å². The lowest BCUT2D eigenvalue weighted by Crippen LogP contribution is -2.42. The van der Waals surface area contributed by atoms with Crippen molar-refractivity contribution < 1.29 is 4.39 Å². The highest BCUT2D eigenvalue weighted by molar-refractivity contribution is 9.10. The minimum Gasteiger partial charge on any atom is -0.378 e. The molecule has 1 aliphatic heterocycles. The summed E-state index contributed by atoms with van der Waals surface area (Å²) >= 11 is 3.32. The fourth-order valence-electron chi connectivity index (χ4n) is 2.85. The van der Waals surface area contributed by atoms with Gasteiger partial charge in [-0.2, -0.15) is 5.10 Å². The zero-order chi connectivity index (χ0) is 16.4. The first kappa shape index (κ1) is 16.0. The molecule has 2 heterocycles. The van der Waals surface area contributed by atoms with Crippen molar-refractivity contribution in [3.63, 3.8) is 0 Å². The van der Waals surface area contributed by atoms with E-state index in [-0.39, 0.29) is 17.4 Å². The van der Waals surface area contributed by atoms with Crippen LogP contribution < -0.4 is 15.8 Å². The van der Waals surface area contributed by atoms with E-state index in [9.17, 15) is 9.18 Å². The number of nitrogens with one attached hydrogen (secondary N) is 1. The van der Waals surface area contributed by atoms with Crippen molar-refractivity contribution in [2.75, 3.05) is 23.3 Å². The van der Waals surface area contributed by atoms with E-state index in [1.54, 1.807) is 25.4 Å². The third-order valence-electron chi connectivity index (χ3n) is 4.05. The first-order valence-corrected chi connectivity index (χ1v) is 8.33. The van der Waals surface area contributed by atoms with Crippen LogP contribution in [0.25, 0.3) is 0 Å². The van der Waals surface area contributed by atoms with Gasteiger partial charge in [0.25, 0.3) is 5.56 Å². The van der Waals surface area contributed by atoms with Crippen LogP contribution in [0, 0.1) is 5.82 Å². The zero-order valence-electron chi connectivity index (χ0n) is 12.8. The number of rotatable bonds is 3. The highest BCUT2D eigenvalue weighted by atomic mass is 79.9. The van der Waals surface area contributed by atoms with Crippen LogP contribution in [-0.2, 0) is 7.05 Å². The Labute approximate surface area is 142 Å². The number of hydrogen-bond donors (Lipinski definition) is 1. The van der Waals surface area contributed by atoms with Gasteiger partial charge in [0.15, 0.2) is 0 Å². The number of piperidine rings is 1. The summed E-state index contributed by atoms with van der Waals surface area (Å²) < 4.78 is 15.7. The fraction of sp³-hybridized carbons (Fsp3) is 0.375. The Hall–Kier alpha value is -1.89. The largest absolute Gasteiger partial charge is 0.378 e. The van der Waals surface area contributed by atoms with Crippen LogP contribution in [0.3, 0.4) is 0 Å². The van der Waals surface area contributed by atoms with Crippen molar-refractivity contribution in [2.45, 2.75) is 18.9 Å². The summed E-state index contributed by atoms with van der Waals surface area (Å²) in [5.41, 5.74) is 1.12. The summed E-state index contributed by atoms with van der Waals surface area (Å²) in [6, 6.07) is 6.95. The molecular formula is C16H18BrFN4O. The summed E-state index contributed by atoms with van der Waals surface area (Å²) in [5, 5.41) is 7.38. The van der Waals surface area contributed by atoms with E-state index in [2.05, 4.69) is 26.3 Å². The van der Waals surface area contributed by atoms with E-state index in [1.807, 2.05) is 11.0 Å². The maximum Gasteiger partial charge on any atom is 0.282 e. The van der Waals surface area contributed by atoms with Gasteiger partial charge in [-0.3, -0.25) is 4.79 Å². The van der Waals surface area contributed by atoms with E-state index < -0.39 is 0 Å². The van der Waals surface area contributed by atoms with Gasteiger partial charge in [-0.15, -0.1) is 0 Å². The minimum atomic E-state index is -0.204.